The molecule has 0 unspecified atom stereocenters. The van der Waals surface area contributed by atoms with Crippen LogP contribution in [0.15, 0.2) is 24.3 Å². The summed E-state index contributed by atoms with van der Waals surface area (Å²) in [6.45, 7) is 6.41. The maximum Gasteiger partial charge on any atom is 0.409 e. The number of nitrogens with zero attached hydrogens (tertiary/aromatic N) is 2. The molecule has 0 saturated carbocycles. The first-order chi connectivity index (χ1) is 10.1. The maximum absolute atomic E-state index is 12.3. The van der Waals surface area contributed by atoms with Crippen LogP contribution in [0.1, 0.15) is 18.1 Å². The predicted molar refractivity (Wildman–Crippen MR) is 80.1 cm³/mol. The normalized spacial score (nSPS) is 15.0. The molecule has 1 aliphatic heterocycles. The van der Waals surface area contributed by atoms with Crippen LogP contribution in [0.3, 0.4) is 0 Å². The molecule has 0 spiro atoms. The molecule has 0 atom stereocenters. The minimum atomic E-state index is -0.288. The highest BCUT2D eigenvalue weighted by Gasteiger charge is 2.24. The van der Waals surface area contributed by atoms with Crippen LogP contribution in [0, 0.1) is 6.92 Å². The number of hydrogen-bond donors (Lipinski definition) is 0. The molecule has 5 heteroatoms. The standard InChI is InChI=1S/C16H22N2O3/c1-3-21-16(20)18-10-8-17(9-11-18)15(19)12-14-7-5-4-6-13(14)2/h4-7H,3,8-12H2,1-2H3. The second-order valence-corrected chi connectivity index (χ2v) is 5.17. The lowest BCUT2D eigenvalue weighted by molar-refractivity contribution is -0.132. The van der Waals surface area contributed by atoms with Crippen molar-refractivity contribution >= 4 is 12.0 Å². The van der Waals surface area contributed by atoms with Gasteiger partial charge in [0, 0.05) is 26.2 Å². The van der Waals surface area contributed by atoms with Crippen molar-refractivity contribution < 1.29 is 14.3 Å². The SMILES string of the molecule is CCOC(=O)N1CCN(C(=O)Cc2ccccc2C)CC1. The van der Waals surface area contributed by atoms with Crippen molar-refractivity contribution in [2.75, 3.05) is 32.8 Å². The summed E-state index contributed by atoms with van der Waals surface area (Å²) in [5.74, 6) is 0.118. The molecule has 1 aromatic carbocycles. The van der Waals surface area contributed by atoms with Gasteiger partial charge in [-0.25, -0.2) is 4.79 Å². The topological polar surface area (TPSA) is 49.9 Å². The highest BCUT2D eigenvalue weighted by molar-refractivity contribution is 5.79. The summed E-state index contributed by atoms with van der Waals surface area (Å²) >= 11 is 0. The van der Waals surface area contributed by atoms with E-state index in [4.69, 9.17) is 4.74 Å². The number of carbonyl (C=O) groups excluding carboxylic acids is 2. The fraction of sp³-hybridized carbons (Fsp3) is 0.500. The Kier molecular flexibility index (Phi) is 5.20. The minimum absolute atomic E-state index is 0.118. The zero-order chi connectivity index (χ0) is 15.2. The molecule has 0 N–H and O–H groups in total. The third kappa shape index (κ3) is 3.97. The summed E-state index contributed by atoms with van der Waals surface area (Å²) in [6.07, 6.45) is 0.134. The zero-order valence-electron chi connectivity index (χ0n) is 12.7. The van der Waals surface area contributed by atoms with Crippen molar-refractivity contribution in [3.05, 3.63) is 35.4 Å². The Hall–Kier alpha value is -2.04. The molecule has 0 aromatic heterocycles. The largest absolute Gasteiger partial charge is 0.450 e. The third-order valence-electron chi connectivity index (χ3n) is 3.76. The average molecular weight is 290 g/mol. The van der Waals surface area contributed by atoms with E-state index < -0.39 is 0 Å². The molecular weight excluding hydrogens is 268 g/mol. The van der Waals surface area contributed by atoms with Gasteiger partial charge in [0.05, 0.1) is 13.0 Å². The van der Waals surface area contributed by atoms with Crippen LogP contribution < -0.4 is 0 Å². The number of piperazine rings is 1. The molecule has 5 nitrogen and oxygen atoms in total. The second-order valence-electron chi connectivity index (χ2n) is 5.17. The van der Waals surface area contributed by atoms with E-state index in [1.165, 1.54) is 0 Å². The Labute approximate surface area is 125 Å². The third-order valence-corrected chi connectivity index (χ3v) is 3.76. The van der Waals surface area contributed by atoms with Crippen molar-refractivity contribution in [2.24, 2.45) is 0 Å². The number of amides is 2. The Bertz CT molecular complexity index is 508. The van der Waals surface area contributed by atoms with Crippen molar-refractivity contribution in [1.82, 2.24) is 9.80 Å². The molecule has 1 aromatic rings. The Morgan fingerprint density at radius 2 is 1.71 bits per heavy atom. The summed E-state index contributed by atoms with van der Waals surface area (Å²) in [4.78, 5) is 27.4. The molecule has 0 aliphatic carbocycles. The first kappa shape index (κ1) is 15.4. The highest BCUT2D eigenvalue weighted by atomic mass is 16.6. The van der Waals surface area contributed by atoms with Crippen molar-refractivity contribution in [2.45, 2.75) is 20.3 Å². The van der Waals surface area contributed by atoms with Crippen LogP contribution >= 0.6 is 0 Å². The van der Waals surface area contributed by atoms with E-state index in [-0.39, 0.29) is 12.0 Å². The van der Waals surface area contributed by atoms with Crippen LogP contribution in [-0.4, -0.2) is 54.6 Å². The van der Waals surface area contributed by atoms with Crippen molar-refractivity contribution in [3.8, 4) is 0 Å². The Morgan fingerprint density at radius 3 is 2.33 bits per heavy atom. The van der Waals surface area contributed by atoms with Gasteiger partial charge >= 0.3 is 6.09 Å². The molecule has 0 bridgehead atoms. The van der Waals surface area contributed by atoms with Gasteiger partial charge in [-0.15, -0.1) is 0 Å². The number of ether oxygens (including phenoxy) is 1. The number of carbonyl (C=O) groups is 2. The van der Waals surface area contributed by atoms with E-state index in [0.717, 1.165) is 11.1 Å². The summed E-state index contributed by atoms with van der Waals surface area (Å²) in [7, 11) is 0. The Morgan fingerprint density at radius 1 is 1.10 bits per heavy atom. The number of aryl methyl sites for hydroxylation is 1. The van der Waals surface area contributed by atoms with Crippen LogP contribution in [0.25, 0.3) is 0 Å². The predicted octanol–water partition coefficient (Wildman–Crippen LogP) is 1.84. The lowest BCUT2D eigenvalue weighted by Gasteiger charge is -2.34. The molecule has 1 heterocycles. The molecule has 114 valence electrons. The van der Waals surface area contributed by atoms with Crippen LogP contribution in [0.5, 0.6) is 0 Å². The fourth-order valence-corrected chi connectivity index (χ4v) is 2.44. The molecular formula is C16H22N2O3. The van der Waals surface area contributed by atoms with Gasteiger partial charge in [0.25, 0.3) is 0 Å². The van der Waals surface area contributed by atoms with Gasteiger partial charge < -0.3 is 14.5 Å². The second kappa shape index (κ2) is 7.11. The number of rotatable bonds is 3. The van der Waals surface area contributed by atoms with Crippen LogP contribution in [0.2, 0.25) is 0 Å². The van der Waals surface area contributed by atoms with Gasteiger partial charge in [0.1, 0.15) is 0 Å². The van der Waals surface area contributed by atoms with E-state index in [9.17, 15) is 9.59 Å². The minimum Gasteiger partial charge on any atom is -0.450 e. The van der Waals surface area contributed by atoms with Gasteiger partial charge in [0.15, 0.2) is 0 Å². The molecule has 2 rings (SSSR count). The van der Waals surface area contributed by atoms with Gasteiger partial charge in [-0.1, -0.05) is 24.3 Å². The van der Waals surface area contributed by atoms with Crippen LogP contribution in [-0.2, 0) is 16.0 Å². The first-order valence-electron chi connectivity index (χ1n) is 7.35. The summed E-state index contributed by atoms with van der Waals surface area (Å²) < 4.78 is 4.97. The molecule has 2 amide bonds. The maximum atomic E-state index is 12.3. The van der Waals surface area contributed by atoms with E-state index in [2.05, 4.69) is 0 Å². The van der Waals surface area contributed by atoms with E-state index in [1.807, 2.05) is 36.1 Å². The van der Waals surface area contributed by atoms with Crippen LogP contribution in [0.4, 0.5) is 4.79 Å². The molecule has 0 radical (unpaired) electrons. The first-order valence-corrected chi connectivity index (χ1v) is 7.35. The average Bonchev–Trinajstić information content (AvgIpc) is 2.50. The highest BCUT2D eigenvalue weighted by Crippen LogP contribution is 2.11. The lowest BCUT2D eigenvalue weighted by atomic mass is 10.1. The summed E-state index contributed by atoms with van der Waals surface area (Å²) in [6, 6.07) is 7.93. The van der Waals surface area contributed by atoms with E-state index >= 15 is 0 Å². The van der Waals surface area contributed by atoms with E-state index in [1.54, 1.807) is 11.8 Å². The number of hydrogen-bond acceptors (Lipinski definition) is 3. The van der Waals surface area contributed by atoms with Gasteiger partial charge in [-0.05, 0) is 25.0 Å². The fourth-order valence-electron chi connectivity index (χ4n) is 2.44. The monoisotopic (exact) mass is 290 g/mol. The van der Waals surface area contributed by atoms with Crippen molar-refractivity contribution in [3.63, 3.8) is 0 Å². The van der Waals surface area contributed by atoms with Gasteiger partial charge in [0.2, 0.25) is 5.91 Å². The Balaban J connectivity index is 1.86. The summed E-state index contributed by atoms with van der Waals surface area (Å²) in [5, 5.41) is 0. The molecule has 21 heavy (non-hydrogen) atoms. The smallest absolute Gasteiger partial charge is 0.409 e. The molecule has 1 saturated heterocycles. The van der Waals surface area contributed by atoms with Gasteiger partial charge in [-0.2, -0.15) is 0 Å². The lowest BCUT2D eigenvalue weighted by Crippen LogP contribution is -2.51. The van der Waals surface area contributed by atoms with E-state index in [0.29, 0.717) is 39.2 Å². The number of benzene rings is 1. The zero-order valence-corrected chi connectivity index (χ0v) is 12.7. The molecule has 1 fully saturated rings. The van der Waals surface area contributed by atoms with Gasteiger partial charge in [-0.3, -0.25) is 4.79 Å². The van der Waals surface area contributed by atoms with Crippen molar-refractivity contribution in [1.29, 1.82) is 0 Å². The molecule has 1 aliphatic rings. The quantitative estimate of drug-likeness (QED) is 0.853. The summed E-state index contributed by atoms with van der Waals surface area (Å²) in [5.41, 5.74) is 2.20.